The summed E-state index contributed by atoms with van der Waals surface area (Å²) in [6.45, 7) is 0. The van der Waals surface area contributed by atoms with E-state index in [1.807, 2.05) is 0 Å². The van der Waals surface area contributed by atoms with E-state index in [4.69, 9.17) is 0 Å². The molecule has 0 heterocycles. The molecule has 0 N–H and O–H groups in total. The molecule has 0 amide bonds. The second-order valence-corrected chi connectivity index (χ2v) is 2.67. The lowest BCUT2D eigenvalue weighted by atomic mass is 11.8. The SMILES string of the molecule is COS(=O)Br. The van der Waals surface area contributed by atoms with Crippen molar-refractivity contribution in [1.82, 2.24) is 0 Å². The van der Waals surface area contributed by atoms with Gasteiger partial charge in [0, 0.05) is 0 Å². The van der Waals surface area contributed by atoms with Gasteiger partial charge in [-0.1, -0.05) is 0 Å². The van der Waals surface area contributed by atoms with Gasteiger partial charge in [0.1, 0.15) is 0 Å². The van der Waals surface area contributed by atoms with E-state index in [2.05, 4.69) is 19.0 Å². The fraction of sp³-hybridized carbons (Fsp3) is 1.00. The van der Waals surface area contributed by atoms with Crippen LogP contribution >= 0.6 is 14.8 Å². The van der Waals surface area contributed by atoms with Gasteiger partial charge < -0.3 is 0 Å². The van der Waals surface area contributed by atoms with Crippen molar-refractivity contribution in [2.24, 2.45) is 0 Å². The topological polar surface area (TPSA) is 26.3 Å². The van der Waals surface area contributed by atoms with Crippen LogP contribution in [0.25, 0.3) is 0 Å². The zero-order valence-corrected chi connectivity index (χ0v) is 5.01. The minimum Gasteiger partial charge on any atom is -0.285 e. The summed E-state index contributed by atoms with van der Waals surface area (Å²) in [6.07, 6.45) is 0. The summed E-state index contributed by atoms with van der Waals surface area (Å²) in [6, 6.07) is 0. The van der Waals surface area contributed by atoms with Crippen molar-refractivity contribution in [3.05, 3.63) is 0 Å². The molecule has 5 heavy (non-hydrogen) atoms. The standard InChI is InChI=1S/CH3BrO2S/c1-4-5(2)3/h1H3. The fourth-order valence-corrected chi connectivity index (χ4v) is 0. The van der Waals surface area contributed by atoms with Gasteiger partial charge in [-0.05, 0) is 0 Å². The van der Waals surface area contributed by atoms with Crippen LogP contribution < -0.4 is 0 Å². The molecule has 32 valence electrons. The summed E-state index contributed by atoms with van der Waals surface area (Å²) in [5, 5.41) is 0. The van der Waals surface area contributed by atoms with Gasteiger partial charge in [-0.2, -0.15) is 0 Å². The highest BCUT2D eigenvalue weighted by Crippen LogP contribution is 1.88. The van der Waals surface area contributed by atoms with Gasteiger partial charge >= 0.3 is 0 Å². The third-order valence-electron chi connectivity index (χ3n) is 0.131. The summed E-state index contributed by atoms with van der Waals surface area (Å²) in [4.78, 5) is 0. The van der Waals surface area contributed by atoms with Crippen LogP contribution in [0.5, 0.6) is 0 Å². The second-order valence-electron chi connectivity index (χ2n) is 0.361. The Morgan fingerprint density at radius 1 is 2.00 bits per heavy atom. The van der Waals surface area contributed by atoms with E-state index in [1.165, 1.54) is 7.11 Å². The molecule has 0 saturated heterocycles. The fourth-order valence-electron chi connectivity index (χ4n) is 0. The van der Waals surface area contributed by atoms with Gasteiger partial charge in [0.25, 0.3) is 0 Å². The first-order valence-corrected chi connectivity index (χ1v) is 3.81. The van der Waals surface area contributed by atoms with Crippen molar-refractivity contribution < 1.29 is 8.39 Å². The minimum atomic E-state index is -1.26. The lowest BCUT2D eigenvalue weighted by molar-refractivity contribution is 0.458. The molecule has 4 heteroatoms. The molecule has 0 spiro atoms. The normalized spacial score (nSPS) is 14.8. The highest BCUT2D eigenvalue weighted by atomic mass is 79.9. The van der Waals surface area contributed by atoms with Gasteiger partial charge in [-0.25, -0.2) is 4.21 Å². The molecule has 0 aromatic rings. The Balaban J connectivity index is 2.85. The number of rotatable bonds is 1. The zero-order chi connectivity index (χ0) is 4.28. The molecule has 0 aromatic carbocycles. The molecule has 1 atom stereocenters. The Bertz CT molecular complexity index is 44.9. The average Bonchev–Trinajstić information content (AvgIpc) is 1.38. The Hall–Kier alpha value is 0.590. The van der Waals surface area contributed by atoms with Gasteiger partial charge in [0.2, 0.25) is 9.51 Å². The molecule has 0 bridgehead atoms. The van der Waals surface area contributed by atoms with E-state index in [1.54, 1.807) is 0 Å². The number of hydrogen-bond acceptors (Lipinski definition) is 2. The lowest BCUT2D eigenvalue weighted by Gasteiger charge is -1.75. The maximum atomic E-state index is 9.62. The summed E-state index contributed by atoms with van der Waals surface area (Å²) in [5.74, 6) is 0. The smallest absolute Gasteiger partial charge is 0.226 e. The maximum absolute atomic E-state index is 9.62. The van der Waals surface area contributed by atoms with Crippen LogP contribution in [-0.4, -0.2) is 11.3 Å². The van der Waals surface area contributed by atoms with Crippen molar-refractivity contribution in [3.8, 4) is 0 Å². The molecular formula is CH3BrO2S. The number of hydrogen-bond donors (Lipinski definition) is 0. The first-order valence-electron chi connectivity index (χ1n) is 0.896. The van der Waals surface area contributed by atoms with E-state index >= 15 is 0 Å². The van der Waals surface area contributed by atoms with Crippen LogP contribution in [0, 0.1) is 0 Å². The lowest BCUT2D eigenvalue weighted by Crippen LogP contribution is -1.73. The van der Waals surface area contributed by atoms with Crippen molar-refractivity contribution in [3.63, 3.8) is 0 Å². The molecule has 0 radical (unpaired) electrons. The van der Waals surface area contributed by atoms with Crippen LogP contribution in [0.1, 0.15) is 0 Å². The van der Waals surface area contributed by atoms with E-state index in [-0.39, 0.29) is 0 Å². The van der Waals surface area contributed by atoms with E-state index in [9.17, 15) is 4.21 Å². The molecule has 2 nitrogen and oxygen atoms in total. The third kappa shape index (κ3) is 4.59. The van der Waals surface area contributed by atoms with Crippen LogP contribution in [-0.2, 0) is 13.7 Å². The summed E-state index contributed by atoms with van der Waals surface area (Å²) in [7, 11) is 0.0920. The molecule has 1 unspecified atom stereocenters. The molecule has 0 aliphatic carbocycles. The molecule has 0 fully saturated rings. The van der Waals surface area contributed by atoms with Gasteiger partial charge in [0.15, 0.2) is 0 Å². The predicted octanol–water partition coefficient (Wildman–Crippen LogP) is 0.606. The Kier molecular flexibility index (Phi) is 3.14. The Labute approximate surface area is 40.4 Å². The molecule has 0 rings (SSSR count). The molecular weight excluding hydrogens is 156 g/mol. The van der Waals surface area contributed by atoms with Crippen LogP contribution in [0.15, 0.2) is 0 Å². The molecule has 0 aliphatic rings. The van der Waals surface area contributed by atoms with E-state index < -0.39 is 9.51 Å². The minimum absolute atomic E-state index is 1.26. The van der Waals surface area contributed by atoms with Crippen LogP contribution in [0.2, 0.25) is 0 Å². The Morgan fingerprint density at radius 2 is 2.20 bits per heavy atom. The van der Waals surface area contributed by atoms with Gasteiger partial charge in [-0.3, -0.25) is 4.18 Å². The highest BCUT2D eigenvalue weighted by molar-refractivity contribution is 9.45. The van der Waals surface area contributed by atoms with Crippen LogP contribution in [0.3, 0.4) is 0 Å². The number of halogens is 1. The summed E-state index contributed by atoms with van der Waals surface area (Å²) in [5.41, 5.74) is 0. The highest BCUT2D eigenvalue weighted by Gasteiger charge is 1.76. The largest absolute Gasteiger partial charge is 0.285 e. The van der Waals surface area contributed by atoms with Crippen molar-refractivity contribution in [2.45, 2.75) is 0 Å². The average molecular weight is 159 g/mol. The summed E-state index contributed by atoms with van der Waals surface area (Å²) < 4.78 is 13.8. The van der Waals surface area contributed by atoms with E-state index in [0.717, 1.165) is 0 Å². The predicted molar refractivity (Wildman–Crippen MR) is 24.1 cm³/mol. The van der Waals surface area contributed by atoms with E-state index in [0.29, 0.717) is 0 Å². The second kappa shape index (κ2) is 2.81. The molecule has 0 aromatic heterocycles. The van der Waals surface area contributed by atoms with Gasteiger partial charge in [-0.15, -0.1) is 0 Å². The van der Waals surface area contributed by atoms with Crippen molar-refractivity contribution >= 4 is 24.3 Å². The first-order chi connectivity index (χ1) is 2.27. The maximum Gasteiger partial charge on any atom is 0.226 e. The zero-order valence-electron chi connectivity index (χ0n) is 2.60. The third-order valence-corrected chi connectivity index (χ3v) is 1.19. The monoisotopic (exact) mass is 158 g/mol. The van der Waals surface area contributed by atoms with Crippen molar-refractivity contribution in [2.75, 3.05) is 7.11 Å². The molecule has 0 aliphatic heterocycles. The Morgan fingerprint density at radius 3 is 2.20 bits per heavy atom. The summed E-state index contributed by atoms with van der Waals surface area (Å²) >= 11 is 2.62. The van der Waals surface area contributed by atoms with Crippen molar-refractivity contribution in [1.29, 1.82) is 0 Å². The first kappa shape index (κ1) is 5.59. The molecule has 0 saturated carbocycles. The van der Waals surface area contributed by atoms with Gasteiger partial charge in [0.05, 0.1) is 21.9 Å². The quantitative estimate of drug-likeness (QED) is 0.524. The van der Waals surface area contributed by atoms with Crippen LogP contribution in [0.4, 0.5) is 0 Å².